The lowest BCUT2D eigenvalue weighted by Crippen LogP contribution is -2.32. The van der Waals surface area contributed by atoms with Crippen molar-refractivity contribution < 1.29 is 12.8 Å². The van der Waals surface area contributed by atoms with Crippen molar-refractivity contribution in [2.45, 2.75) is 11.8 Å². The van der Waals surface area contributed by atoms with Crippen LogP contribution in [0.2, 0.25) is 0 Å². The second-order valence-electron chi connectivity index (χ2n) is 6.47. The number of nitrogens with one attached hydrogen (secondary N) is 2. The molecular formula is C21H22FN3O2S. The van der Waals surface area contributed by atoms with Crippen LogP contribution in [0.1, 0.15) is 12.5 Å². The molecule has 28 heavy (non-hydrogen) atoms. The smallest absolute Gasteiger partial charge is 0.241 e. The van der Waals surface area contributed by atoms with E-state index in [9.17, 15) is 12.8 Å². The van der Waals surface area contributed by atoms with Crippen LogP contribution in [0.4, 0.5) is 4.39 Å². The van der Waals surface area contributed by atoms with Crippen molar-refractivity contribution >= 4 is 26.9 Å². The fourth-order valence-electron chi connectivity index (χ4n) is 2.86. The normalized spacial score (nSPS) is 12.4. The highest BCUT2D eigenvalue weighted by Crippen LogP contribution is 2.21. The molecule has 0 saturated carbocycles. The summed E-state index contributed by atoms with van der Waals surface area (Å²) in [6.45, 7) is 3.33. The van der Waals surface area contributed by atoms with Crippen LogP contribution in [-0.2, 0) is 10.0 Å². The number of hydrogen-bond donors (Lipinski definition) is 2. The van der Waals surface area contributed by atoms with Crippen molar-refractivity contribution in [3.63, 3.8) is 0 Å². The van der Waals surface area contributed by atoms with Gasteiger partial charge in [-0.05, 0) is 36.8 Å². The first-order valence-electron chi connectivity index (χ1n) is 8.91. The predicted octanol–water partition coefficient (Wildman–Crippen LogP) is 3.35. The molecule has 5 nitrogen and oxygen atoms in total. The van der Waals surface area contributed by atoms with Gasteiger partial charge in [-0.25, -0.2) is 17.5 Å². The Bertz CT molecular complexity index is 1080. The second kappa shape index (κ2) is 9.05. The van der Waals surface area contributed by atoms with Gasteiger partial charge in [0.1, 0.15) is 5.82 Å². The quantitative estimate of drug-likeness (QED) is 0.570. The molecule has 0 spiro atoms. The SMILES string of the molecule is CC(=Cc1ccc(F)cc1)CNCCNS(=O)(=O)c1cccc2cnccc12. The van der Waals surface area contributed by atoms with Crippen molar-refractivity contribution in [3.8, 4) is 0 Å². The Hall–Kier alpha value is -2.61. The lowest BCUT2D eigenvalue weighted by Gasteiger charge is -2.10. The van der Waals surface area contributed by atoms with Gasteiger partial charge < -0.3 is 5.32 Å². The third kappa shape index (κ3) is 5.22. The monoisotopic (exact) mass is 399 g/mol. The van der Waals surface area contributed by atoms with E-state index in [0.29, 0.717) is 18.5 Å². The first-order chi connectivity index (χ1) is 13.5. The van der Waals surface area contributed by atoms with Gasteiger partial charge >= 0.3 is 0 Å². The van der Waals surface area contributed by atoms with Crippen molar-refractivity contribution in [2.24, 2.45) is 0 Å². The second-order valence-corrected chi connectivity index (χ2v) is 8.21. The molecule has 7 heteroatoms. The summed E-state index contributed by atoms with van der Waals surface area (Å²) in [5, 5.41) is 4.63. The van der Waals surface area contributed by atoms with E-state index >= 15 is 0 Å². The van der Waals surface area contributed by atoms with Gasteiger partial charge in [-0.2, -0.15) is 0 Å². The van der Waals surface area contributed by atoms with Crippen LogP contribution >= 0.6 is 0 Å². The van der Waals surface area contributed by atoms with E-state index in [4.69, 9.17) is 0 Å². The highest BCUT2D eigenvalue weighted by atomic mass is 32.2. The Morgan fingerprint density at radius 2 is 1.89 bits per heavy atom. The highest BCUT2D eigenvalue weighted by Gasteiger charge is 2.16. The van der Waals surface area contributed by atoms with Crippen LogP contribution in [0.25, 0.3) is 16.8 Å². The maximum atomic E-state index is 12.9. The number of fused-ring (bicyclic) bond motifs is 1. The summed E-state index contributed by atoms with van der Waals surface area (Å²) in [6.07, 6.45) is 5.19. The largest absolute Gasteiger partial charge is 0.312 e. The number of sulfonamides is 1. The number of benzene rings is 2. The van der Waals surface area contributed by atoms with Gasteiger partial charge in [-0.15, -0.1) is 0 Å². The summed E-state index contributed by atoms with van der Waals surface area (Å²) in [4.78, 5) is 4.27. The van der Waals surface area contributed by atoms with Crippen LogP contribution in [0, 0.1) is 5.82 Å². The van der Waals surface area contributed by atoms with Crippen LogP contribution < -0.4 is 10.0 Å². The molecule has 3 aromatic rings. The molecule has 0 radical (unpaired) electrons. The summed E-state index contributed by atoms with van der Waals surface area (Å²) in [6, 6.07) is 13.1. The van der Waals surface area contributed by atoms with Gasteiger partial charge in [0.2, 0.25) is 10.0 Å². The van der Waals surface area contributed by atoms with E-state index in [1.54, 1.807) is 42.7 Å². The van der Waals surface area contributed by atoms with Gasteiger partial charge in [-0.3, -0.25) is 4.98 Å². The van der Waals surface area contributed by atoms with E-state index in [0.717, 1.165) is 16.5 Å². The number of nitrogens with zero attached hydrogens (tertiary/aromatic N) is 1. The van der Waals surface area contributed by atoms with Crippen LogP contribution in [-0.4, -0.2) is 33.0 Å². The summed E-state index contributed by atoms with van der Waals surface area (Å²) in [7, 11) is -3.61. The molecular weight excluding hydrogens is 377 g/mol. The zero-order valence-electron chi connectivity index (χ0n) is 15.5. The molecule has 146 valence electrons. The lowest BCUT2D eigenvalue weighted by atomic mass is 10.1. The minimum Gasteiger partial charge on any atom is -0.312 e. The molecule has 1 heterocycles. The number of hydrogen-bond acceptors (Lipinski definition) is 4. The standard InChI is InChI=1S/C21H22FN3O2S/c1-16(13-17-5-7-19(22)8-6-17)14-24-11-12-25-28(26,27)21-4-2-3-18-15-23-10-9-20(18)21/h2-10,13,15,24-25H,11-12,14H2,1H3. The van der Waals surface area contributed by atoms with Gasteiger partial charge in [0.15, 0.2) is 0 Å². The summed E-state index contributed by atoms with van der Waals surface area (Å²) in [5.74, 6) is -0.261. The fraction of sp³-hybridized carbons (Fsp3) is 0.190. The first kappa shape index (κ1) is 20.1. The molecule has 0 aliphatic carbocycles. The Balaban J connectivity index is 1.52. The van der Waals surface area contributed by atoms with Crippen LogP contribution in [0.5, 0.6) is 0 Å². The molecule has 0 saturated heterocycles. The molecule has 3 rings (SSSR count). The van der Waals surface area contributed by atoms with Gasteiger partial charge in [0.05, 0.1) is 4.90 Å². The molecule has 0 aliphatic rings. The molecule has 0 unspecified atom stereocenters. The van der Waals surface area contributed by atoms with Crippen LogP contribution in [0.3, 0.4) is 0 Å². The molecule has 0 fully saturated rings. The number of pyridine rings is 1. The number of halogens is 1. The lowest BCUT2D eigenvalue weighted by molar-refractivity contribution is 0.579. The van der Waals surface area contributed by atoms with Crippen molar-refractivity contribution in [2.75, 3.05) is 19.6 Å². The summed E-state index contributed by atoms with van der Waals surface area (Å²) < 4.78 is 40.8. The Kier molecular flexibility index (Phi) is 6.51. The zero-order chi connectivity index (χ0) is 20.0. The third-order valence-corrected chi connectivity index (χ3v) is 5.73. The maximum absolute atomic E-state index is 12.9. The third-order valence-electron chi connectivity index (χ3n) is 4.21. The van der Waals surface area contributed by atoms with Gasteiger partial charge in [0.25, 0.3) is 0 Å². The summed E-state index contributed by atoms with van der Waals surface area (Å²) >= 11 is 0. The first-order valence-corrected chi connectivity index (χ1v) is 10.4. The molecule has 1 aromatic heterocycles. The van der Waals surface area contributed by atoms with E-state index in [2.05, 4.69) is 15.0 Å². The Morgan fingerprint density at radius 1 is 1.11 bits per heavy atom. The van der Waals surface area contributed by atoms with E-state index in [1.165, 1.54) is 12.1 Å². The minimum absolute atomic E-state index is 0.250. The molecule has 0 aliphatic heterocycles. The topological polar surface area (TPSA) is 71.1 Å². The molecule has 2 aromatic carbocycles. The molecule has 2 N–H and O–H groups in total. The van der Waals surface area contributed by atoms with Crippen molar-refractivity contribution in [1.29, 1.82) is 0 Å². The molecule has 0 amide bonds. The van der Waals surface area contributed by atoms with Crippen molar-refractivity contribution in [3.05, 3.63) is 77.9 Å². The Labute approximate surface area is 164 Å². The predicted molar refractivity (Wildman–Crippen MR) is 110 cm³/mol. The van der Waals surface area contributed by atoms with Crippen LogP contribution in [0.15, 0.2) is 71.4 Å². The molecule has 0 bridgehead atoms. The minimum atomic E-state index is -3.61. The molecule has 0 atom stereocenters. The van der Waals surface area contributed by atoms with E-state index < -0.39 is 10.0 Å². The van der Waals surface area contributed by atoms with Gasteiger partial charge in [-0.1, -0.05) is 35.9 Å². The number of rotatable bonds is 8. The zero-order valence-corrected chi connectivity index (χ0v) is 16.3. The maximum Gasteiger partial charge on any atom is 0.241 e. The average Bonchev–Trinajstić information content (AvgIpc) is 2.69. The average molecular weight is 399 g/mol. The highest BCUT2D eigenvalue weighted by molar-refractivity contribution is 7.89. The van der Waals surface area contributed by atoms with Crippen molar-refractivity contribution in [1.82, 2.24) is 15.0 Å². The fourth-order valence-corrected chi connectivity index (χ4v) is 4.12. The van der Waals surface area contributed by atoms with E-state index in [1.807, 2.05) is 19.1 Å². The number of aromatic nitrogens is 1. The summed E-state index contributed by atoms with van der Waals surface area (Å²) in [5.41, 5.74) is 1.99. The van der Waals surface area contributed by atoms with Gasteiger partial charge in [0, 0.05) is 42.8 Å². The van der Waals surface area contributed by atoms with E-state index in [-0.39, 0.29) is 17.3 Å². The Morgan fingerprint density at radius 3 is 2.68 bits per heavy atom.